The number of carbonyl (C=O) groups excluding carboxylic acids is 1. The van der Waals surface area contributed by atoms with Gasteiger partial charge in [-0.3, -0.25) is 9.78 Å². The zero-order valence-corrected chi connectivity index (χ0v) is 16.1. The highest BCUT2D eigenvalue weighted by Gasteiger charge is 2.27. The largest absolute Gasteiger partial charge is 0.325 e. The lowest BCUT2D eigenvalue weighted by atomic mass is 10.2. The number of anilines is 1. The summed E-state index contributed by atoms with van der Waals surface area (Å²) in [5.74, 6) is -1.02. The van der Waals surface area contributed by atoms with Crippen LogP contribution < -0.4 is 5.32 Å². The molecule has 1 heterocycles. The predicted molar refractivity (Wildman–Crippen MR) is 106 cm³/mol. The molecule has 0 saturated heterocycles. The van der Waals surface area contributed by atoms with Crippen molar-refractivity contribution in [3.63, 3.8) is 0 Å². The summed E-state index contributed by atoms with van der Waals surface area (Å²) < 4.78 is 40.9. The van der Waals surface area contributed by atoms with E-state index in [1.807, 2.05) is 6.92 Å². The van der Waals surface area contributed by atoms with Crippen LogP contribution >= 0.6 is 0 Å². The van der Waals surface area contributed by atoms with Gasteiger partial charge in [0.25, 0.3) is 0 Å². The molecule has 146 valence electrons. The zero-order valence-electron chi connectivity index (χ0n) is 15.3. The second kappa shape index (κ2) is 8.45. The van der Waals surface area contributed by atoms with Crippen LogP contribution in [0.1, 0.15) is 13.3 Å². The normalized spacial score (nSPS) is 11.7. The summed E-state index contributed by atoms with van der Waals surface area (Å²) >= 11 is 0. The Labute approximate surface area is 163 Å². The summed E-state index contributed by atoms with van der Waals surface area (Å²) in [5.41, 5.74) is 0.273. The lowest BCUT2D eigenvalue weighted by Gasteiger charge is -2.22. The molecule has 0 aliphatic rings. The second-order valence-electron chi connectivity index (χ2n) is 6.25. The Morgan fingerprint density at radius 3 is 2.71 bits per heavy atom. The molecule has 2 aromatic carbocycles. The van der Waals surface area contributed by atoms with E-state index in [1.165, 1.54) is 36.5 Å². The fourth-order valence-electron chi connectivity index (χ4n) is 2.92. The van der Waals surface area contributed by atoms with Gasteiger partial charge < -0.3 is 5.32 Å². The van der Waals surface area contributed by atoms with Gasteiger partial charge in [0.15, 0.2) is 0 Å². The minimum atomic E-state index is -3.91. The molecule has 3 rings (SSSR count). The summed E-state index contributed by atoms with van der Waals surface area (Å²) in [6, 6.07) is 12.0. The number of hydrogen-bond donors (Lipinski definition) is 1. The first kappa shape index (κ1) is 19.9. The van der Waals surface area contributed by atoms with E-state index in [0.717, 1.165) is 4.31 Å². The number of amides is 1. The molecular weight excluding hydrogens is 381 g/mol. The molecule has 0 radical (unpaired) electrons. The molecule has 28 heavy (non-hydrogen) atoms. The van der Waals surface area contributed by atoms with Crippen LogP contribution in [0.15, 0.2) is 65.8 Å². The van der Waals surface area contributed by atoms with Crippen LogP contribution in [-0.2, 0) is 14.8 Å². The summed E-state index contributed by atoms with van der Waals surface area (Å²) in [7, 11) is -3.91. The molecule has 1 amide bonds. The number of rotatable bonds is 7. The number of fused-ring (bicyclic) bond motifs is 1. The maximum Gasteiger partial charge on any atom is 0.244 e. The van der Waals surface area contributed by atoms with E-state index >= 15 is 0 Å². The quantitative estimate of drug-likeness (QED) is 0.658. The Morgan fingerprint density at radius 2 is 1.96 bits per heavy atom. The minimum absolute atomic E-state index is 0.124. The fraction of sp³-hybridized carbons (Fsp3) is 0.200. The minimum Gasteiger partial charge on any atom is -0.325 e. The summed E-state index contributed by atoms with van der Waals surface area (Å²) in [6.07, 6.45) is 3.66. The Balaban J connectivity index is 1.89. The van der Waals surface area contributed by atoms with Crippen LogP contribution in [0, 0.1) is 5.82 Å². The molecule has 0 aliphatic heterocycles. The maximum absolute atomic E-state index is 13.3. The summed E-state index contributed by atoms with van der Waals surface area (Å²) in [6.45, 7) is 1.65. The summed E-state index contributed by atoms with van der Waals surface area (Å²) in [4.78, 5) is 16.5. The van der Waals surface area contributed by atoms with Gasteiger partial charge in [-0.05, 0) is 36.8 Å². The van der Waals surface area contributed by atoms with Crippen LogP contribution in [0.2, 0.25) is 0 Å². The van der Waals surface area contributed by atoms with Crippen LogP contribution in [0.4, 0.5) is 10.1 Å². The topological polar surface area (TPSA) is 79.4 Å². The van der Waals surface area contributed by atoms with Crippen molar-refractivity contribution in [2.75, 3.05) is 18.4 Å². The lowest BCUT2D eigenvalue weighted by Crippen LogP contribution is -2.38. The van der Waals surface area contributed by atoms with Crippen molar-refractivity contribution in [2.45, 2.75) is 18.2 Å². The first-order chi connectivity index (χ1) is 13.4. The zero-order chi connectivity index (χ0) is 20.1. The first-order valence-corrected chi connectivity index (χ1v) is 10.2. The molecule has 1 N–H and O–H groups in total. The number of pyridine rings is 1. The van der Waals surface area contributed by atoms with Gasteiger partial charge >= 0.3 is 0 Å². The number of carbonyl (C=O) groups is 1. The second-order valence-corrected chi connectivity index (χ2v) is 8.16. The molecule has 0 atom stereocenters. The third-order valence-corrected chi connectivity index (χ3v) is 6.06. The maximum atomic E-state index is 13.3. The number of sulfonamides is 1. The Morgan fingerprint density at radius 1 is 1.18 bits per heavy atom. The van der Waals surface area contributed by atoms with Gasteiger partial charge in [-0.1, -0.05) is 25.1 Å². The molecule has 0 saturated carbocycles. The molecule has 0 aliphatic carbocycles. The number of aromatic nitrogens is 1. The van der Waals surface area contributed by atoms with Crippen LogP contribution in [0.5, 0.6) is 0 Å². The number of nitrogens with one attached hydrogen (secondary N) is 1. The van der Waals surface area contributed by atoms with Crippen LogP contribution in [0.25, 0.3) is 10.8 Å². The average molecular weight is 401 g/mol. The number of halogens is 1. The van der Waals surface area contributed by atoms with Gasteiger partial charge in [0.1, 0.15) is 5.82 Å². The highest BCUT2D eigenvalue weighted by Crippen LogP contribution is 2.25. The van der Waals surface area contributed by atoms with Crippen LogP contribution in [-0.4, -0.2) is 36.7 Å². The van der Waals surface area contributed by atoms with E-state index in [9.17, 15) is 17.6 Å². The molecule has 0 spiro atoms. The monoisotopic (exact) mass is 401 g/mol. The Bertz CT molecular complexity index is 1100. The van der Waals surface area contributed by atoms with Crippen molar-refractivity contribution in [2.24, 2.45) is 0 Å². The molecule has 0 bridgehead atoms. The third kappa shape index (κ3) is 4.35. The van der Waals surface area contributed by atoms with Crippen molar-refractivity contribution in [3.8, 4) is 0 Å². The summed E-state index contributed by atoms with van der Waals surface area (Å²) in [5, 5.41) is 3.78. The lowest BCUT2D eigenvalue weighted by molar-refractivity contribution is -0.116. The van der Waals surface area contributed by atoms with Crippen LogP contribution in [0.3, 0.4) is 0 Å². The van der Waals surface area contributed by atoms with E-state index in [-0.39, 0.29) is 23.7 Å². The van der Waals surface area contributed by atoms with E-state index < -0.39 is 21.7 Å². The van der Waals surface area contributed by atoms with Gasteiger partial charge in [0.2, 0.25) is 15.9 Å². The van der Waals surface area contributed by atoms with Gasteiger partial charge in [0, 0.05) is 35.4 Å². The van der Waals surface area contributed by atoms with Crippen molar-refractivity contribution < 1.29 is 17.6 Å². The Hall–Kier alpha value is -2.84. The standard InChI is InChI=1S/C20H20FN3O3S/c1-2-11-24(14-20(25)23-17-7-4-6-16(21)12-17)28(26,27)19-8-3-5-15-13-22-10-9-18(15)19/h3-10,12-13H,2,11,14H2,1H3,(H,23,25). The molecule has 8 heteroatoms. The number of nitrogens with zero attached hydrogens (tertiary/aromatic N) is 2. The third-order valence-electron chi connectivity index (χ3n) is 4.16. The molecule has 0 fully saturated rings. The fourth-order valence-corrected chi connectivity index (χ4v) is 4.62. The van der Waals surface area contributed by atoms with E-state index in [2.05, 4.69) is 10.3 Å². The molecular formula is C20H20FN3O3S. The highest BCUT2D eigenvalue weighted by molar-refractivity contribution is 7.89. The highest BCUT2D eigenvalue weighted by atomic mass is 32.2. The first-order valence-electron chi connectivity index (χ1n) is 8.80. The van der Waals surface area contributed by atoms with Gasteiger partial charge in [-0.25, -0.2) is 12.8 Å². The van der Waals surface area contributed by atoms with Gasteiger partial charge in [0.05, 0.1) is 11.4 Å². The van der Waals surface area contributed by atoms with Crippen molar-refractivity contribution >= 4 is 32.4 Å². The van der Waals surface area contributed by atoms with E-state index in [1.54, 1.807) is 24.4 Å². The van der Waals surface area contributed by atoms with E-state index in [4.69, 9.17) is 0 Å². The number of hydrogen-bond acceptors (Lipinski definition) is 4. The predicted octanol–water partition coefficient (Wildman–Crippen LogP) is 3.41. The van der Waals surface area contributed by atoms with Crippen molar-refractivity contribution in [1.29, 1.82) is 0 Å². The molecule has 0 unspecified atom stereocenters. The number of benzene rings is 2. The van der Waals surface area contributed by atoms with Crippen molar-refractivity contribution in [1.82, 2.24) is 9.29 Å². The van der Waals surface area contributed by atoms with Gasteiger partial charge in [-0.2, -0.15) is 4.31 Å². The molecule has 3 aromatic rings. The van der Waals surface area contributed by atoms with Crippen molar-refractivity contribution in [3.05, 3.63) is 66.7 Å². The SMILES string of the molecule is CCCN(CC(=O)Nc1cccc(F)c1)S(=O)(=O)c1cccc2cnccc12. The smallest absolute Gasteiger partial charge is 0.244 e. The Kier molecular flexibility index (Phi) is 6.01. The van der Waals surface area contributed by atoms with Gasteiger partial charge in [-0.15, -0.1) is 0 Å². The molecule has 1 aromatic heterocycles. The molecule has 6 nitrogen and oxygen atoms in total. The average Bonchev–Trinajstić information content (AvgIpc) is 2.67. The van der Waals surface area contributed by atoms with E-state index in [0.29, 0.717) is 17.2 Å².